The summed E-state index contributed by atoms with van der Waals surface area (Å²) >= 11 is 0. The summed E-state index contributed by atoms with van der Waals surface area (Å²) in [7, 11) is 0. The normalized spacial score (nSPS) is 16.9. The number of fused-ring (bicyclic) bond motifs is 5. The smallest absolute Gasteiger partial charge is 0.260 e. The molecule has 30 heavy (non-hydrogen) atoms. The third kappa shape index (κ3) is 2.85. The fourth-order valence-electron chi connectivity index (χ4n) is 4.09. The number of hydrogen-bond donors (Lipinski definition) is 1. The summed E-state index contributed by atoms with van der Waals surface area (Å²) in [6.45, 7) is 0.858. The van der Waals surface area contributed by atoms with Gasteiger partial charge in [-0.2, -0.15) is 0 Å². The van der Waals surface area contributed by atoms with Crippen LogP contribution in [0.25, 0.3) is 0 Å². The first-order valence-electron chi connectivity index (χ1n) is 9.70. The zero-order valence-corrected chi connectivity index (χ0v) is 16.1. The molecule has 0 fully saturated rings. The summed E-state index contributed by atoms with van der Waals surface area (Å²) in [5, 5.41) is 2.84. The van der Waals surface area contributed by atoms with E-state index in [0.717, 1.165) is 5.56 Å². The first kappa shape index (κ1) is 18.1. The second-order valence-corrected chi connectivity index (χ2v) is 7.24. The van der Waals surface area contributed by atoms with E-state index in [9.17, 15) is 14.4 Å². The molecular weight excluding hydrogens is 382 g/mol. The average Bonchev–Trinajstić information content (AvgIpc) is 3.38. The summed E-state index contributed by atoms with van der Waals surface area (Å²) in [6.07, 6.45) is 4.54. The molecule has 0 radical (unpaired) electrons. The van der Waals surface area contributed by atoms with E-state index < -0.39 is 6.17 Å². The molecular formula is C22H19N5O3. The topological polar surface area (TPSA) is 87.5 Å². The van der Waals surface area contributed by atoms with Gasteiger partial charge in [-0.05, 0) is 18.2 Å². The van der Waals surface area contributed by atoms with E-state index in [1.807, 2.05) is 22.9 Å². The molecule has 1 aromatic heterocycles. The Bertz CT molecular complexity index is 1140. The lowest BCUT2D eigenvalue weighted by Gasteiger charge is -2.40. The lowest BCUT2D eigenvalue weighted by Crippen LogP contribution is -2.51. The number of hydrogen-bond acceptors (Lipinski definition) is 4. The molecule has 2 aliphatic rings. The number of nitrogens with zero attached hydrogens (tertiary/aromatic N) is 4. The minimum atomic E-state index is -0.629. The van der Waals surface area contributed by atoms with Gasteiger partial charge in [0.25, 0.3) is 11.8 Å². The van der Waals surface area contributed by atoms with Crippen LogP contribution in [0.4, 0.5) is 5.69 Å². The van der Waals surface area contributed by atoms with Crippen LogP contribution in [-0.4, -0.2) is 45.3 Å². The molecule has 1 N–H and O–H groups in total. The first-order chi connectivity index (χ1) is 14.6. The van der Waals surface area contributed by atoms with E-state index in [4.69, 9.17) is 0 Å². The van der Waals surface area contributed by atoms with E-state index in [-0.39, 0.29) is 24.3 Å². The fourth-order valence-corrected chi connectivity index (χ4v) is 4.09. The molecule has 0 unspecified atom stereocenters. The predicted molar refractivity (Wildman–Crippen MR) is 109 cm³/mol. The van der Waals surface area contributed by atoms with Gasteiger partial charge in [0, 0.05) is 36.6 Å². The molecule has 8 nitrogen and oxygen atoms in total. The molecule has 0 saturated carbocycles. The zero-order valence-electron chi connectivity index (χ0n) is 16.1. The van der Waals surface area contributed by atoms with Crippen molar-refractivity contribution in [2.75, 3.05) is 18.0 Å². The van der Waals surface area contributed by atoms with Crippen molar-refractivity contribution in [3.63, 3.8) is 0 Å². The quantitative estimate of drug-likeness (QED) is 0.706. The van der Waals surface area contributed by atoms with Gasteiger partial charge in [-0.1, -0.05) is 30.3 Å². The molecule has 3 heterocycles. The number of benzene rings is 2. The van der Waals surface area contributed by atoms with Gasteiger partial charge < -0.3 is 14.8 Å². The Balaban J connectivity index is 1.43. The lowest BCUT2D eigenvalue weighted by atomic mass is 10.0. The SMILES string of the molecule is O=C(CN1C(=O)c2ccccc2N2C(=O)c3ccccc3[C@H]12)NCCn1ccnc1. The third-order valence-corrected chi connectivity index (χ3v) is 5.45. The Morgan fingerprint density at radius 1 is 1.00 bits per heavy atom. The molecule has 1 atom stereocenters. The Morgan fingerprint density at radius 2 is 1.77 bits per heavy atom. The Kier molecular flexibility index (Phi) is 4.31. The van der Waals surface area contributed by atoms with Crippen molar-refractivity contribution in [3.8, 4) is 0 Å². The number of imidazole rings is 1. The standard InChI is InChI=1S/C22H19N5O3/c28-19(24-10-12-25-11-9-23-14-25)13-26-20-15-5-1-2-6-16(15)22(30)27(20)18-8-4-3-7-17(18)21(26)29/h1-9,11,14,20H,10,12-13H2,(H,24,28)/t20-/m1/s1. The molecule has 0 aliphatic carbocycles. The predicted octanol–water partition coefficient (Wildman–Crippen LogP) is 1.81. The summed E-state index contributed by atoms with van der Waals surface area (Å²) in [5.41, 5.74) is 2.28. The van der Waals surface area contributed by atoms with Gasteiger partial charge in [-0.3, -0.25) is 19.3 Å². The van der Waals surface area contributed by atoms with Crippen molar-refractivity contribution in [3.05, 3.63) is 83.9 Å². The number of carbonyl (C=O) groups excluding carboxylic acids is 3. The van der Waals surface area contributed by atoms with Crippen LogP contribution in [0.3, 0.4) is 0 Å². The van der Waals surface area contributed by atoms with Crippen molar-refractivity contribution in [2.24, 2.45) is 0 Å². The van der Waals surface area contributed by atoms with Gasteiger partial charge in [0.1, 0.15) is 12.7 Å². The summed E-state index contributed by atoms with van der Waals surface area (Å²) in [6, 6.07) is 14.3. The van der Waals surface area contributed by atoms with E-state index in [1.165, 1.54) is 4.90 Å². The molecule has 3 amide bonds. The second-order valence-electron chi connectivity index (χ2n) is 7.24. The minimum absolute atomic E-state index is 0.139. The van der Waals surface area contributed by atoms with Crippen LogP contribution in [0.15, 0.2) is 67.3 Å². The van der Waals surface area contributed by atoms with Crippen molar-refractivity contribution in [2.45, 2.75) is 12.7 Å². The van der Waals surface area contributed by atoms with Crippen LogP contribution in [0.5, 0.6) is 0 Å². The van der Waals surface area contributed by atoms with Crippen LogP contribution in [0.1, 0.15) is 32.4 Å². The van der Waals surface area contributed by atoms with Gasteiger partial charge in [-0.25, -0.2) is 4.98 Å². The van der Waals surface area contributed by atoms with Gasteiger partial charge in [0.05, 0.1) is 17.6 Å². The van der Waals surface area contributed by atoms with Gasteiger partial charge in [-0.15, -0.1) is 0 Å². The first-order valence-corrected chi connectivity index (χ1v) is 9.70. The van der Waals surface area contributed by atoms with E-state index in [0.29, 0.717) is 29.9 Å². The number of para-hydroxylation sites is 1. The second kappa shape index (κ2) is 7.14. The maximum atomic E-state index is 13.3. The average molecular weight is 401 g/mol. The van der Waals surface area contributed by atoms with E-state index >= 15 is 0 Å². The van der Waals surface area contributed by atoms with Gasteiger partial charge >= 0.3 is 0 Å². The molecule has 150 valence electrons. The number of amides is 3. The molecule has 0 bridgehead atoms. The minimum Gasteiger partial charge on any atom is -0.353 e. The van der Waals surface area contributed by atoms with Crippen LogP contribution < -0.4 is 10.2 Å². The molecule has 0 saturated heterocycles. The molecule has 3 aromatic rings. The number of aromatic nitrogens is 2. The molecule has 5 rings (SSSR count). The van der Waals surface area contributed by atoms with E-state index in [2.05, 4.69) is 10.3 Å². The van der Waals surface area contributed by atoms with Crippen LogP contribution >= 0.6 is 0 Å². The maximum Gasteiger partial charge on any atom is 0.260 e. The van der Waals surface area contributed by atoms with E-state index in [1.54, 1.807) is 53.8 Å². The zero-order chi connectivity index (χ0) is 20.7. The highest BCUT2D eigenvalue weighted by Crippen LogP contribution is 2.44. The van der Waals surface area contributed by atoms with Crippen molar-refractivity contribution in [1.82, 2.24) is 19.8 Å². The number of carbonyl (C=O) groups is 3. The Labute approximate surface area is 172 Å². The maximum absolute atomic E-state index is 13.3. The molecule has 0 spiro atoms. The summed E-state index contributed by atoms with van der Waals surface area (Å²) in [4.78, 5) is 46.1. The highest BCUT2D eigenvalue weighted by Gasteiger charge is 2.47. The molecule has 2 aliphatic heterocycles. The van der Waals surface area contributed by atoms with Gasteiger partial charge in [0.2, 0.25) is 5.91 Å². The number of anilines is 1. The monoisotopic (exact) mass is 401 g/mol. The van der Waals surface area contributed by atoms with Crippen LogP contribution in [0.2, 0.25) is 0 Å². The number of rotatable bonds is 5. The summed E-state index contributed by atoms with van der Waals surface area (Å²) < 4.78 is 1.86. The molecule has 2 aromatic carbocycles. The van der Waals surface area contributed by atoms with Crippen molar-refractivity contribution in [1.29, 1.82) is 0 Å². The highest BCUT2D eigenvalue weighted by atomic mass is 16.2. The van der Waals surface area contributed by atoms with Crippen molar-refractivity contribution >= 4 is 23.4 Å². The molecule has 8 heteroatoms. The highest BCUT2D eigenvalue weighted by molar-refractivity contribution is 6.17. The Morgan fingerprint density at radius 3 is 2.57 bits per heavy atom. The summed E-state index contributed by atoms with van der Waals surface area (Å²) in [5.74, 6) is -0.707. The Hall–Kier alpha value is -3.94. The van der Waals surface area contributed by atoms with Crippen molar-refractivity contribution < 1.29 is 14.4 Å². The largest absolute Gasteiger partial charge is 0.353 e. The van der Waals surface area contributed by atoms with Crippen LogP contribution in [0, 0.1) is 0 Å². The van der Waals surface area contributed by atoms with Crippen LogP contribution in [-0.2, 0) is 11.3 Å². The number of nitrogens with one attached hydrogen (secondary N) is 1. The lowest BCUT2D eigenvalue weighted by molar-refractivity contribution is -0.122. The fraction of sp³-hybridized carbons (Fsp3) is 0.182. The third-order valence-electron chi connectivity index (χ3n) is 5.45. The van der Waals surface area contributed by atoms with Gasteiger partial charge in [0.15, 0.2) is 0 Å².